The average molecular weight is 480 g/mol. The lowest BCUT2D eigenvalue weighted by atomic mass is 10.1. The molecule has 0 saturated heterocycles. The molecule has 0 unspecified atom stereocenters. The number of ether oxygens (including phenoxy) is 1. The normalized spacial score (nSPS) is 10.8. The first-order chi connectivity index (χ1) is 12.1. The van der Waals surface area contributed by atoms with Crippen molar-refractivity contribution in [1.82, 2.24) is 16.0 Å². The number of aliphatic imine (C=N–C) groups is 1. The minimum Gasteiger partial charge on any atom is -0.382 e. The van der Waals surface area contributed by atoms with Crippen LogP contribution in [-0.4, -0.2) is 51.3 Å². The van der Waals surface area contributed by atoms with Gasteiger partial charge in [0, 0.05) is 45.0 Å². The van der Waals surface area contributed by atoms with Gasteiger partial charge >= 0.3 is 0 Å². The van der Waals surface area contributed by atoms with E-state index in [1.165, 1.54) is 6.07 Å². The smallest absolute Gasteiger partial charge is 0.251 e. The van der Waals surface area contributed by atoms with E-state index in [4.69, 9.17) is 4.74 Å². The van der Waals surface area contributed by atoms with Crippen molar-refractivity contribution in [3.63, 3.8) is 0 Å². The summed E-state index contributed by atoms with van der Waals surface area (Å²) < 4.78 is 18.8. The number of benzene rings is 1. The summed E-state index contributed by atoms with van der Waals surface area (Å²) in [7, 11) is 0. The van der Waals surface area contributed by atoms with Crippen LogP contribution < -0.4 is 16.0 Å². The summed E-state index contributed by atoms with van der Waals surface area (Å²) >= 11 is 0. The molecule has 0 saturated carbocycles. The first-order valence-corrected chi connectivity index (χ1v) is 8.72. The van der Waals surface area contributed by atoms with Gasteiger partial charge in [-0.15, -0.1) is 24.0 Å². The lowest BCUT2D eigenvalue weighted by Gasteiger charge is -2.12. The van der Waals surface area contributed by atoms with E-state index in [1.807, 2.05) is 13.8 Å². The van der Waals surface area contributed by atoms with Crippen molar-refractivity contribution >= 4 is 35.8 Å². The fourth-order valence-corrected chi connectivity index (χ4v) is 2.04. The number of hydrogen-bond donors (Lipinski definition) is 3. The Bertz CT molecular complexity index is 570. The Kier molecular flexibility index (Phi) is 13.9. The molecule has 1 amide bonds. The third kappa shape index (κ3) is 9.91. The van der Waals surface area contributed by atoms with Gasteiger partial charge in [-0.2, -0.15) is 0 Å². The van der Waals surface area contributed by atoms with Crippen LogP contribution in [0, 0.1) is 12.7 Å². The highest BCUT2D eigenvalue weighted by atomic mass is 127. The Morgan fingerprint density at radius 1 is 1.19 bits per heavy atom. The molecule has 1 rings (SSSR count). The molecular weight excluding hydrogens is 450 g/mol. The van der Waals surface area contributed by atoms with Crippen LogP contribution >= 0.6 is 24.0 Å². The molecule has 148 valence electrons. The van der Waals surface area contributed by atoms with Crippen LogP contribution in [-0.2, 0) is 4.74 Å². The first kappa shape index (κ1) is 24.6. The molecule has 0 heterocycles. The maximum atomic E-state index is 13.5. The van der Waals surface area contributed by atoms with Crippen LogP contribution in [0.4, 0.5) is 4.39 Å². The van der Waals surface area contributed by atoms with Crippen molar-refractivity contribution in [3.05, 3.63) is 35.1 Å². The van der Waals surface area contributed by atoms with E-state index < -0.39 is 0 Å². The SMILES string of the molecule is CCNC(=NCCCOCC)NCCNC(=O)c1ccc(C)c(F)c1.I. The predicted molar refractivity (Wildman–Crippen MR) is 114 cm³/mol. The lowest BCUT2D eigenvalue weighted by Crippen LogP contribution is -2.41. The molecule has 0 atom stereocenters. The number of guanidine groups is 1. The van der Waals surface area contributed by atoms with Gasteiger partial charge < -0.3 is 20.7 Å². The van der Waals surface area contributed by atoms with Crippen molar-refractivity contribution in [1.29, 1.82) is 0 Å². The Labute approximate surface area is 172 Å². The molecule has 3 N–H and O–H groups in total. The quantitative estimate of drug-likeness (QED) is 0.208. The number of nitrogens with one attached hydrogen (secondary N) is 3. The van der Waals surface area contributed by atoms with Crippen molar-refractivity contribution < 1.29 is 13.9 Å². The van der Waals surface area contributed by atoms with E-state index in [-0.39, 0.29) is 35.7 Å². The van der Waals surface area contributed by atoms with Gasteiger partial charge in [0.15, 0.2) is 5.96 Å². The number of halogens is 2. The molecule has 0 fully saturated rings. The molecule has 8 heteroatoms. The third-order valence-electron chi connectivity index (χ3n) is 3.40. The van der Waals surface area contributed by atoms with Crippen LogP contribution in [0.15, 0.2) is 23.2 Å². The second kappa shape index (κ2) is 14.7. The summed E-state index contributed by atoms with van der Waals surface area (Å²) in [5, 5.41) is 9.05. The van der Waals surface area contributed by atoms with Crippen LogP contribution in [0.1, 0.15) is 36.2 Å². The monoisotopic (exact) mass is 480 g/mol. The molecule has 1 aromatic rings. The summed E-state index contributed by atoms with van der Waals surface area (Å²) in [5.74, 6) is 0.0355. The van der Waals surface area contributed by atoms with E-state index in [0.717, 1.165) is 13.0 Å². The number of amides is 1. The average Bonchev–Trinajstić information content (AvgIpc) is 2.60. The molecular formula is C18H30FIN4O2. The minimum absolute atomic E-state index is 0. The molecule has 0 aromatic heterocycles. The molecule has 0 bridgehead atoms. The van der Waals surface area contributed by atoms with E-state index in [9.17, 15) is 9.18 Å². The summed E-state index contributed by atoms with van der Waals surface area (Å²) in [5.41, 5.74) is 0.841. The van der Waals surface area contributed by atoms with Gasteiger partial charge in [0.05, 0.1) is 0 Å². The number of aryl methyl sites for hydroxylation is 1. The van der Waals surface area contributed by atoms with Gasteiger partial charge in [0.25, 0.3) is 5.91 Å². The first-order valence-electron chi connectivity index (χ1n) is 8.72. The summed E-state index contributed by atoms with van der Waals surface area (Å²) in [4.78, 5) is 16.4. The highest BCUT2D eigenvalue weighted by molar-refractivity contribution is 14.0. The number of carbonyl (C=O) groups excluding carboxylic acids is 1. The third-order valence-corrected chi connectivity index (χ3v) is 3.40. The zero-order valence-corrected chi connectivity index (χ0v) is 18.1. The van der Waals surface area contributed by atoms with Crippen LogP contribution in [0.2, 0.25) is 0 Å². The van der Waals surface area contributed by atoms with Gasteiger partial charge in [-0.1, -0.05) is 6.07 Å². The molecule has 0 radical (unpaired) electrons. The maximum absolute atomic E-state index is 13.5. The Morgan fingerprint density at radius 3 is 2.58 bits per heavy atom. The van der Waals surface area contributed by atoms with E-state index in [1.54, 1.807) is 19.1 Å². The molecule has 0 spiro atoms. The molecule has 0 aliphatic heterocycles. The second-order valence-corrected chi connectivity index (χ2v) is 5.46. The topological polar surface area (TPSA) is 74.8 Å². The molecule has 6 nitrogen and oxygen atoms in total. The van der Waals surface area contributed by atoms with E-state index in [0.29, 0.717) is 49.9 Å². The highest BCUT2D eigenvalue weighted by Gasteiger charge is 2.07. The zero-order valence-electron chi connectivity index (χ0n) is 15.7. The van der Waals surface area contributed by atoms with E-state index in [2.05, 4.69) is 20.9 Å². The predicted octanol–water partition coefficient (Wildman–Crippen LogP) is 2.46. The van der Waals surface area contributed by atoms with Gasteiger partial charge in [0.1, 0.15) is 5.82 Å². The van der Waals surface area contributed by atoms with Gasteiger partial charge in [0.2, 0.25) is 0 Å². The maximum Gasteiger partial charge on any atom is 0.251 e. The van der Waals surface area contributed by atoms with Crippen LogP contribution in [0.3, 0.4) is 0 Å². The number of hydrogen-bond acceptors (Lipinski definition) is 3. The Balaban J connectivity index is 0.00000625. The minimum atomic E-state index is -0.376. The number of nitrogens with zero attached hydrogens (tertiary/aromatic N) is 1. The molecule has 26 heavy (non-hydrogen) atoms. The summed E-state index contributed by atoms with van der Waals surface area (Å²) in [6.45, 7) is 9.40. The number of carbonyl (C=O) groups is 1. The van der Waals surface area contributed by atoms with Crippen LogP contribution in [0.25, 0.3) is 0 Å². The highest BCUT2D eigenvalue weighted by Crippen LogP contribution is 2.08. The standard InChI is InChI=1S/C18H29FN4O2.HI/c1-4-20-18(22-9-6-12-25-5-2)23-11-10-21-17(24)15-8-7-14(3)16(19)13-15;/h7-8,13H,4-6,9-12H2,1-3H3,(H,21,24)(H2,20,22,23);1H. The lowest BCUT2D eigenvalue weighted by molar-refractivity contribution is 0.0954. The number of rotatable bonds is 10. The summed E-state index contributed by atoms with van der Waals surface area (Å²) in [6.07, 6.45) is 0.861. The molecule has 0 aliphatic rings. The van der Waals surface area contributed by atoms with E-state index >= 15 is 0 Å². The van der Waals surface area contributed by atoms with Crippen molar-refractivity contribution in [2.75, 3.05) is 39.4 Å². The van der Waals surface area contributed by atoms with Gasteiger partial charge in [-0.05, 0) is 44.9 Å². The van der Waals surface area contributed by atoms with Crippen molar-refractivity contribution in [2.45, 2.75) is 27.2 Å². The zero-order chi connectivity index (χ0) is 18.5. The molecule has 0 aliphatic carbocycles. The summed E-state index contributed by atoms with van der Waals surface area (Å²) in [6, 6.07) is 4.47. The Morgan fingerprint density at radius 2 is 1.92 bits per heavy atom. The fraction of sp³-hybridized carbons (Fsp3) is 0.556. The fourth-order valence-electron chi connectivity index (χ4n) is 2.04. The second-order valence-electron chi connectivity index (χ2n) is 5.46. The van der Waals surface area contributed by atoms with Gasteiger partial charge in [-0.3, -0.25) is 9.79 Å². The van der Waals surface area contributed by atoms with Crippen LogP contribution in [0.5, 0.6) is 0 Å². The van der Waals surface area contributed by atoms with Crippen molar-refractivity contribution in [2.24, 2.45) is 4.99 Å². The Hall–Kier alpha value is -1.42. The van der Waals surface area contributed by atoms with Crippen molar-refractivity contribution in [3.8, 4) is 0 Å². The van der Waals surface area contributed by atoms with Gasteiger partial charge in [-0.25, -0.2) is 4.39 Å². The largest absolute Gasteiger partial charge is 0.382 e. The molecule has 1 aromatic carbocycles.